The van der Waals surface area contributed by atoms with Crippen molar-refractivity contribution in [2.45, 2.75) is 20.4 Å². The number of esters is 1. The van der Waals surface area contributed by atoms with E-state index in [1.807, 2.05) is 31.4 Å². The van der Waals surface area contributed by atoms with Gasteiger partial charge in [-0.15, -0.1) is 11.3 Å². The van der Waals surface area contributed by atoms with Crippen LogP contribution in [0.2, 0.25) is 0 Å². The van der Waals surface area contributed by atoms with E-state index in [9.17, 15) is 9.59 Å². The molecule has 0 radical (unpaired) electrons. The number of methoxy groups -OCH3 is 2. The number of Topliss-reactive ketones (excluding diaryl/α,β-unsaturated/α-hetero) is 1. The van der Waals surface area contributed by atoms with Crippen LogP contribution in [0.1, 0.15) is 37.0 Å². The number of carbonyl (C=O) groups is 2. The number of carbonyl (C=O) groups excluding carboxylic acids is 2. The highest BCUT2D eigenvalue weighted by Gasteiger charge is 2.21. The maximum Gasteiger partial charge on any atom is 0.342 e. The van der Waals surface area contributed by atoms with Crippen molar-refractivity contribution >= 4 is 23.1 Å². The lowest BCUT2D eigenvalue weighted by Gasteiger charge is -2.12. The third-order valence-electron chi connectivity index (χ3n) is 4.73. The van der Waals surface area contributed by atoms with Crippen molar-refractivity contribution in [2.24, 2.45) is 0 Å². The number of ether oxygens (including phenoxy) is 3. The van der Waals surface area contributed by atoms with Crippen molar-refractivity contribution < 1.29 is 23.8 Å². The SMILES string of the molecule is COc1cccc(C(=O)OCC(=O)c2cc(C)n(Cc3cccs3)c2C)c1OC. The minimum absolute atomic E-state index is 0.211. The summed E-state index contributed by atoms with van der Waals surface area (Å²) >= 11 is 1.67. The fraction of sp³-hybridized carbons (Fsp3) is 0.273. The molecule has 0 atom stereocenters. The number of aryl methyl sites for hydroxylation is 1. The second-order valence-corrected chi connectivity index (χ2v) is 7.52. The maximum absolute atomic E-state index is 12.7. The van der Waals surface area contributed by atoms with Gasteiger partial charge >= 0.3 is 5.97 Å². The number of para-hydroxylation sites is 1. The van der Waals surface area contributed by atoms with E-state index < -0.39 is 5.97 Å². The topological polar surface area (TPSA) is 66.8 Å². The number of rotatable bonds is 8. The van der Waals surface area contributed by atoms with E-state index in [1.54, 1.807) is 29.5 Å². The van der Waals surface area contributed by atoms with E-state index in [1.165, 1.54) is 19.1 Å². The van der Waals surface area contributed by atoms with Crippen molar-refractivity contribution in [3.8, 4) is 11.5 Å². The Hall–Kier alpha value is -3.06. The molecular weight excluding hydrogens is 390 g/mol. The van der Waals surface area contributed by atoms with Gasteiger partial charge in [-0.3, -0.25) is 4.79 Å². The van der Waals surface area contributed by atoms with Gasteiger partial charge in [-0.2, -0.15) is 0 Å². The molecule has 3 rings (SSSR count). The molecule has 2 heterocycles. The van der Waals surface area contributed by atoms with Crippen LogP contribution >= 0.6 is 11.3 Å². The van der Waals surface area contributed by atoms with Gasteiger partial charge in [-0.1, -0.05) is 12.1 Å². The summed E-state index contributed by atoms with van der Waals surface area (Å²) in [5.74, 6) is -0.181. The molecule has 2 aromatic heterocycles. The van der Waals surface area contributed by atoms with Gasteiger partial charge in [0.15, 0.2) is 18.1 Å². The van der Waals surface area contributed by atoms with Crippen molar-refractivity contribution in [3.05, 3.63) is 69.2 Å². The average Bonchev–Trinajstić information content (AvgIpc) is 3.34. The molecule has 7 heteroatoms. The molecule has 29 heavy (non-hydrogen) atoms. The molecule has 0 saturated carbocycles. The number of thiophene rings is 1. The molecule has 0 bridgehead atoms. The number of hydrogen-bond donors (Lipinski definition) is 0. The van der Waals surface area contributed by atoms with Crippen molar-refractivity contribution in [3.63, 3.8) is 0 Å². The molecular formula is C22H23NO5S. The highest BCUT2D eigenvalue weighted by Crippen LogP contribution is 2.31. The first-order chi connectivity index (χ1) is 14.0. The van der Waals surface area contributed by atoms with Crippen LogP contribution in [0, 0.1) is 13.8 Å². The quantitative estimate of drug-likeness (QED) is 0.408. The molecule has 3 aromatic rings. The van der Waals surface area contributed by atoms with Crippen LogP contribution in [0.5, 0.6) is 11.5 Å². The summed E-state index contributed by atoms with van der Waals surface area (Å²) in [6, 6.07) is 10.8. The van der Waals surface area contributed by atoms with Gasteiger partial charge < -0.3 is 18.8 Å². The first-order valence-electron chi connectivity index (χ1n) is 9.06. The van der Waals surface area contributed by atoms with Crippen molar-refractivity contribution in [1.82, 2.24) is 4.57 Å². The third kappa shape index (κ3) is 4.35. The molecule has 0 aliphatic heterocycles. The molecule has 0 unspecified atom stereocenters. The Labute approximate surface area is 173 Å². The van der Waals surface area contributed by atoms with Crippen LogP contribution in [0.4, 0.5) is 0 Å². The largest absolute Gasteiger partial charge is 0.493 e. The lowest BCUT2D eigenvalue weighted by Crippen LogP contribution is -2.16. The molecule has 0 saturated heterocycles. The van der Waals surface area contributed by atoms with Gasteiger partial charge in [0.2, 0.25) is 5.78 Å². The zero-order valence-electron chi connectivity index (χ0n) is 16.9. The second kappa shape index (κ2) is 8.96. The van der Waals surface area contributed by atoms with Gasteiger partial charge in [-0.25, -0.2) is 4.79 Å². The lowest BCUT2D eigenvalue weighted by atomic mass is 10.1. The Morgan fingerprint density at radius 3 is 2.48 bits per heavy atom. The van der Waals surface area contributed by atoms with Crippen molar-refractivity contribution in [2.75, 3.05) is 20.8 Å². The highest BCUT2D eigenvalue weighted by molar-refractivity contribution is 7.09. The Morgan fingerprint density at radius 1 is 1.03 bits per heavy atom. The first kappa shape index (κ1) is 20.7. The summed E-state index contributed by atoms with van der Waals surface area (Å²) < 4.78 is 17.8. The molecule has 0 N–H and O–H groups in total. The smallest absolute Gasteiger partial charge is 0.342 e. The fourth-order valence-corrected chi connectivity index (χ4v) is 3.91. The minimum Gasteiger partial charge on any atom is -0.493 e. The van der Waals surface area contributed by atoms with E-state index in [4.69, 9.17) is 14.2 Å². The normalized spacial score (nSPS) is 10.6. The number of benzene rings is 1. The Morgan fingerprint density at radius 2 is 1.83 bits per heavy atom. The number of nitrogens with zero attached hydrogens (tertiary/aromatic N) is 1. The molecule has 0 fully saturated rings. The van der Waals surface area contributed by atoms with Gasteiger partial charge in [0.05, 0.1) is 20.8 Å². The number of hydrogen-bond acceptors (Lipinski definition) is 6. The van der Waals surface area contributed by atoms with Crippen LogP contribution in [-0.2, 0) is 11.3 Å². The van der Waals surface area contributed by atoms with E-state index >= 15 is 0 Å². The minimum atomic E-state index is -0.638. The number of aromatic nitrogens is 1. The molecule has 152 valence electrons. The Bertz CT molecular complexity index is 1020. The fourth-order valence-electron chi connectivity index (χ4n) is 3.22. The summed E-state index contributed by atoms with van der Waals surface area (Å²) in [5, 5.41) is 2.03. The molecule has 1 aromatic carbocycles. The zero-order valence-corrected chi connectivity index (χ0v) is 17.7. The van der Waals surface area contributed by atoms with E-state index in [0.717, 1.165) is 11.4 Å². The predicted octanol–water partition coefficient (Wildman–Crippen LogP) is 4.27. The second-order valence-electron chi connectivity index (χ2n) is 6.49. The third-order valence-corrected chi connectivity index (χ3v) is 5.59. The summed E-state index contributed by atoms with van der Waals surface area (Å²) in [6.07, 6.45) is 0. The van der Waals surface area contributed by atoms with Gasteiger partial charge in [0.1, 0.15) is 5.56 Å². The first-order valence-corrected chi connectivity index (χ1v) is 9.94. The summed E-state index contributed by atoms with van der Waals surface area (Å²) in [4.78, 5) is 26.4. The lowest BCUT2D eigenvalue weighted by molar-refractivity contribution is 0.0471. The molecule has 0 aliphatic rings. The highest BCUT2D eigenvalue weighted by atomic mass is 32.1. The van der Waals surface area contributed by atoms with Crippen LogP contribution < -0.4 is 9.47 Å². The molecule has 0 spiro atoms. The standard InChI is InChI=1S/C22H23NO5S/c1-14-11-18(15(2)23(14)12-16-7-6-10-29-16)19(24)13-28-22(25)17-8-5-9-20(26-3)21(17)27-4/h5-11H,12-13H2,1-4H3. The summed E-state index contributed by atoms with van der Waals surface area (Å²) in [5.41, 5.74) is 2.61. The van der Waals surface area contributed by atoms with Crippen LogP contribution in [0.3, 0.4) is 0 Å². The van der Waals surface area contributed by atoms with E-state index in [0.29, 0.717) is 17.9 Å². The Kier molecular flexibility index (Phi) is 6.39. The predicted molar refractivity (Wildman–Crippen MR) is 111 cm³/mol. The van der Waals surface area contributed by atoms with Gasteiger partial charge in [0, 0.05) is 21.8 Å². The van der Waals surface area contributed by atoms with E-state index in [-0.39, 0.29) is 23.7 Å². The van der Waals surface area contributed by atoms with Crippen LogP contribution in [0.25, 0.3) is 0 Å². The number of ketones is 1. The Balaban J connectivity index is 1.72. The van der Waals surface area contributed by atoms with Crippen LogP contribution in [0.15, 0.2) is 41.8 Å². The summed E-state index contributed by atoms with van der Waals surface area (Å²) in [6.45, 7) is 4.23. The zero-order chi connectivity index (χ0) is 21.0. The average molecular weight is 413 g/mol. The van der Waals surface area contributed by atoms with Gasteiger partial charge in [0.25, 0.3) is 0 Å². The van der Waals surface area contributed by atoms with E-state index in [2.05, 4.69) is 10.6 Å². The molecule has 0 amide bonds. The molecule has 0 aliphatic carbocycles. The summed E-state index contributed by atoms with van der Waals surface area (Å²) in [7, 11) is 2.94. The van der Waals surface area contributed by atoms with Crippen molar-refractivity contribution in [1.29, 1.82) is 0 Å². The molecule has 6 nitrogen and oxygen atoms in total. The monoisotopic (exact) mass is 413 g/mol. The van der Waals surface area contributed by atoms with Gasteiger partial charge in [-0.05, 0) is 43.5 Å². The van der Waals surface area contributed by atoms with Crippen LogP contribution in [-0.4, -0.2) is 37.1 Å². The maximum atomic E-state index is 12.7.